The molecule has 0 atom stereocenters. The quantitative estimate of drug-likeness (QED) is 0.515. The lowest BCUT2D eigenvalue weighted by molar-refractivity contribution is 0.0697. The van der Waals surface area contributed by atoms with E-state index in [1.165, 1.54) is 22.8 Å². The molecule has 0 fully saturated rings. The van der Waals surface area contributed by atoms with Crippen LogP contribution in [-0.4, -0.2) is 15.5 Å². The van der Waals surface area contributed by atoms with E-state index in [1.54, 1.807) is 12.1 Å². The summed E-state index contributed by atoms with van der Waals surface area (Å²) in [6.45, 7) is 0. The molecule has 0 saturated heterocycles. The van der Waals surface area contributed by atoms with Crippen molar-refractivity contribution in [2.75, 3.05) is 4.43 Å². The third-order valence-electron chi connectivity index (χ3n) is 2.05. The minimum absolute atomic E-state index is 0.364. The molecule has 76 valence electrons. The fraction of sp³-hybridized carbons (Fsp3) is 0.364. The largest absolute Gasteiger partial charge is 0.478 e. The zero-order valence-corrected chi connectivity index (χ0v) is 10.0. The molecule has 1 aromatic carbocycles. The number of halogens is 1. The summed E-state index contributed by atoms with van der Waals surface area (Å²) in [6, 6.07) is 7.14. The molecular weight excluding hydrogens is 291 g/mol. The molecule has 0 heterocycles. The van der Waals surface area contributed by atoms with Crippen molar-refractivity contribution >= 4 is 28.6 Å². The van der Waals surface area contributed by atoms with Crippen LogP contribution in [0.3, 0.4) is 0 Å². The molecule has 3 heteroatoms. The van der Waals surface area contributed by atoms with Gasteiger partial charge in [-0.2, -0.15) is 0 Å². The lowest BCUT2D eigenvalue weighted by atomic mass is 10.1. The number of benzene rings is 1. The number of carbonyl (C=O) groups is 1. The number of hydrogen-bond donors (Lipinski definition) is 1. The number of hydrogen-bond acceptors (Lipinski definition) is 1. The fourth-order valence-corrected chi connectivity index (χ4v) is 1.78. The first kappa shape index (κ1) is 11.5. The van der Waals surface area contributed by atoms with E-state index < -0.39 is 5.97 Å². The molecule has 0 amide bonds. The summed E-state index contributed by atoms with van der Waals surface area (Å²) >= 11 is 2.37. The molecule has 1 N–H and O–H groups in total. The Morgan fingerprint density at radius 2 is 1.86 bits per heavy atom. The molecule has 2 nitrogen and oxygen atoms in total. The average Bonchev–Trinajstić information content (AvgIpc) is 2.19. The fourth-order valence-electron chi connectivity index (χ4n) is 1.24. The van der Waals surface area contributed by atoms with Gasteiger partial charge in [0.2, 0.25) is 0 Å². The van der Waals surface area contributed by atoms with Crippen molar-refractivity contribution in [3.8, 4) is 0 Å². The van der Waals surface area contributed by atoms with Crippen molar-refractivity contribution in [1.82, 2.24) is 0 Å². The van der Waals surface area contributed by atoms with Gasteiger partial charge in [0.25, 0.3) is 0 Å². The Labute approximate surface area is 97.5 Å². The summed E-state index contributed by atoms with van der Waals surface area (Å²) in [6.07, 6.45) is 3.44. The van der Waals surface area contributed by atoms with Crippen molar-refractivity contribution in [3.63, 3.8) is 0 Å². The minimum atomic E-state index is -0.858. The third-order valence-corrected chi connectivity index (χ3v) is 2.81. The van der Waals surface area contributed by atoms with Crippen molar-refractivity contribution < 1.29 is 9.90 Å². The molecule has 14 heavy (non-hydrogen) atoms. The number of aromatic carboxylic acids is 1. The number of aryl methyl sites for hydroxylation is 1. The summed E-state index contributed by atoms with van der Waals surface area (Å²) < 4.78 is 1.19. The van der Waals surface area contributed by atoms with Crippen LogP contribution in [0.1, 0.15) is 28.8 Å². The van der Waals surface area contributed by atoms with Gasteiger partial charge >= 0.3 is 5.97 Å². The van der Waals surface area contributed by atoms with Crippen LogP contribution in [0.5, 0.6) is 0 Å². The molecule has 0 saturated carbocycles. The first-order valence-electron chi connectivity index (χ1n) is 4.62. The molecule has 1 aromatic rings. The highest BCUT2D eigenvalue weighted by molar-refractivity contribution is 14.1. The molecule has 1 rings (SSSR count). The highest BCUT2D eigenvalue weighted by Gasteiger charge is 2.00. The summed E-state index contributed by atoms with van der Waals surface area (Å²) in [5.41, 5.74) is 1.59. The molecule has 0 radical (unpaired) electrons. The van der Waals surface area contributed by atoms with Gasteiger partial charge in [-0.05, 0) is 41.4 Å². The normalized spacial score (nSPS) is 10.1. The second kappa shape index (κ2) is 6.01. The summed E-state index contributed by atoms with van der Waals surface area (Å²) in [7, 11) is 0. The monoisotopic (exact) mass is 304 g/mol. The van der Waals surface area contributed by atoms with Gasteiger partial charge in [0, 0.05) is 0 Å². The van der Waals surface area contributed by atoms with Crippen LogP contribution in [0, 0.1) is 0 Å². The zero-order chi connectivity index (χ0) is 10.4. The summed E-state index contributed by atoms with van der Waals surface area (Å²) in [5, 5.41) is 8.69. The number of unbranched alkanes of at least 4 members (excludes halogenated alkanes) is 1. The number of rotatable bonds is 5. The maximum Gasteiger partial charge on any atom is 0.335 e. The van der Waals surface area contributed by atoms with Gasteiger partial charge in [-0.15, -0.1) is 0 Å². The van der Waals surface area contributed by atoms with Gasteiger partial charge in [-0.25, -0.2) is 4.79 Å². The van der Waals surface area contributed by atoms with Crippen molar-refractivity contribution in [2.24, 2.45) is 0 Å². The van der Waals surface area contributed by atoms with Crippen LogP contribution >= 0.6 is 22.6 Å². The van der Waals surface area contributed by atoms with E-state index in [9.17, 15) is 4.79 Å². The van der Waals surface area contributed by atoms with E-state index in [0.717, 1.165) is 6.42 Å². The SMILES string of the molecule is O=C(O)c1ccc(CCCCI)cc1. The van der Waals surface area contributed by atoms with Crippen molar-refractivity contribution in [1.29, 1.82) is 0 Å². The first-order valence-corrected chi connectivity index (χ1v) is 6.15. The maximum absolute atomic E-state index is 10.6. The standard InChI is InChI=1S/C11H13IO2/c12-8-2-1-3-9-4-6-10(7-5-9)11(13)14/h4-7H,1-3,8H2,(H,13,14). The molecule has 0 unspecified atom stereocenters. The predicted octanol–water partition coefficient (Wildman–Crippen LogP) is 3.14. The second-order valence-corrected chi connectivity index (χ2v) is 4.23. The molecule has 0 spiro atoms. The molecule has 0 bridgehead atoms. The van der Waals surface area contributed by atoms with E-state index in [0.29, 0.717) is 5.56 Å². The van der Waals surface area contributed by atoms with Crippen molar-refractivity contribution in [3.05, 3.63) is 35.4 Å². The van der Waals surface area contributed by atoms with Crippen LogP contribution in [0.4, 0.5) is 0 Å². The first-order chi connectivity index (χ1) is 6.74. The van der Waals surface area contributed by atoms with Crippen LogP contribution in [0.15, 0.2) is 24.3 Å². The van der Waals surface area contributed by atoms with E-state index in [4.69, 9.17) is 5.11 Å². The lowest BCUT2D eigenvalue weighted by Crippen LogP contribution is -1.96. The molecule has 0 aliphatic heterocycles. The van der Waals surface area contributed by atoms with Gasteiger partial charge in [0.1, 0.15) is 0 Å². The zero-order valence-electron chi connectivity index (χ0n) is 7.87. The van der Waals surface area contributed by atoms with Gasteiger partial charge in [-0.1, -0.05) is 34.7 Å². The Hall–Kier alpha value is -0.580. The van der Waals surface area contributed by atoms with E-state index in [1.807, 2.05) is 12.1 Å². The minimum Gasteiger partial charge on any atom is -0.478 e. The molecular formula is C11H13IO2. The topological polar surface area (TPSA) is 37.3 Å². The van der Waals surface area contributed by atoms with Gasteiger partial charge in [-0.3, -0.25) is 0 Å². The van der Waals surface area contributed by atoms with Gasteiger partial charge in [0.05, 0.1) is 5.56 Å². The average molecular weight is 304 g/mol. The molecule has 0 aliphatic rings. The smallest absolute Gasteiger partial charge is 0.335 e. The van der Waals surface area contributed by atoms with E-state index in [-0.39, 0.29) is 0 Å². The van der Waals surface area contributed by atoms with Crippen molar-refractivity contribution in [2.45, 2.75) is 19.3 Å². The van der Waals surface area contributed by atoms with E-state index >= 15 is 0 Å². The molecule has 0 aliphatic carbocycles. The Bertz CT molecular complexity index is 293. The van der Waals surface area contributed by atoms with Crippen LogP contribution in [-0.2, 0) is 6.42 Å². The van der Waals surface area contributed by atoms with Gasteiger partial charge in [0.15, 0.2) is 0 Å². The number of carboxylic acid groups (broad SMARTS) is 1. The second-order valence-electron chi connectivity index (χ2n) is 3.15. The maximum atomic E-state index is 10.6. The lowest BCUT2D eigenvalue weighted by Gasteiger charge is -2.00. The van der Waals surface area contributed by atoms with Crippen LogP contribution in [0.2, 0.25) is 0 Å². The Kier molecular flexibility index (Phi) is 4.93. The summed E-state index contributed by atoms with van der Waals surface area (Å²) in [5.74, 6) is -0.858. The third kappa shape index (κ3) is 3.65. The van der Waals surface area contributed by atoms with Gasteiger partial charge < -0.3 is 5.11 Å². The highest BCUT2D eigenvalue weighted by Crippen LogP contribution is 2.08. The summed E-state index contributed by atoms with van der Waals surface area (Å²) in [4.78, 5) is 10.6. The highest BCUT2D eigenvalue weighted by atomic mass is 127. The Morgan fingerprint density at radius 1 is 1.21 bits per heavy atom. The number of alkyl halides is 1. The Balaban J connectivity index is 2.51. The van der Waals surface area contributed by atoms with Crippen LogP contribution in [0.25, 0.3) is 0 Å². The number of carboxylic acids is 1. The van der Waals surface area contributed by atoms with E-state index in [2.05, 4.69) is 22.6 Å². The van der Waals surface area contributed by atoms with Crippen LogP contribution < -0.4 is 0 Å². The predicted molar refractivity (Wildman–Crippen MR) is 65.2 cm³/mol. The Morgan fingerprint density at radius 3 is 2.36 bits per heavy atom. The molecule has 0 aromatic heterocycles.